The highest BCUT2D eigenvalue weighted by Gasteiger charge is 2.21. The Morgan fingerprint density at radius 1 is 1.22 bits per heavy atom. The van der Waals surface area contributed by atoms with E-state index in [2.05, 4.69) is 20.2 Å². The fraction of sp³-hybridized carbons (Fsp3) is 0.692. The van der Waals surface area contributed by atoms with Gasteiger partial charge in [0.1, 0.15) is 0 Å². The van der Waals surface area contributed by atoms with Gasteiger partial charge in [-0.3, -0.25) is 9.78 Å². The highest BCUT2D eigenvalue weighted by Crippen LogP contribution is 2.32. The van der Waals surface area contributed by atoms with E-state index in [1.54, 1.807) is 6.07 Å². The number of H-pyrrole nitrogens is 1. The zero-order valence-electron chi connectivity index (χ0n) is 10.6. The first-order valence-electron chi connectivity index (χ1n) is 6.90. The zero-order chi connectivity index (χ0) is 12.4. The number of hydrogen-bond donors (Lipinski definition) is 2. The van der Waals surface area contributed by atoms with Crippen molar-refractivity contribution < 1.29 is 0 Å². The molecule has 3 rings (SSSR count). The van der Waals surface area contributed by atoms with Crippen LogP contribution < -0.4 is 15.8 Å². The summed E-state index contributed by atoms with van der Waals surface area (Å²) < 4.78 is 0. The minimum absolute atomic E-state index is 0.0135. The van der Waals surface area contributed by atoms with Crippen molar-refractivity contribution in [1.29, 1.82) is 0 Å². The smallest absolute Gasteiger partial charge is 0.252 e. The van der Waals surface area contributed by atoms with Crippen LogP contribution in [0.3, 0.4) is 0 Å². The third-order valence-corrected chi connectivity index (χ3v) is 3.94. The molecule has 0 radical (unpaired) electrons. The summed E-state index contributed by atoms with van der Waals surface area (Å²) in [5.74, 6) is 1.25. The number of aromatic amines is 1. The SMILES string of the molecule is O=c1cc(C2CCCC2)nc(N2CCNCC2)[nH]1. The third kappa shape index (κ3) is 2.41. The minimum Gasteiger partial charge on any atom is -0.340 e. The van der Waals surface area contributed by atoms with Gasteiger partial charge < -0.3 is 10.2 Å². The fourth-order valence-electron chi connectivity index (χ4n) is 2.92. The molecule has 1 aromatic heterocycles. The first kappa shape index (κ1) is 11.7. The lowest BCUT2D eigenvalue weighted by Crippen LogP contribution is -2.44. The molecule has 5 nitrogen and oxygen atoms in total. The lowest BCUT2D eigenvalue weighted by atomic mass is 10.0. The van der Waals surface area contributed by atoms with Crippen LogP contribution in [0, 0.1) is 0 Å². The number of nitrogens with one attached hydrogen (secondary N) is 2. The van der Waals surface area contributed by atoms with Crippen LogP contribution in [0.4, 0.5) is 5.95 Å². The lowest BCUT2D eigenvalue weighted by molar-refractivity contribution is 0.575. The number of aromatic nitrogens is 2. The van der Waals surface area contributed by atoms with Gasteiger partial charge in [-0.15, -0.1) is 0 Å². The molecular formula is C13H20N4O. The van der Waals surface area contributed by atoms with Gasteiger partial charge in [0.2, 0.25) is 5.95 Å². The molecule has 2 N–H and O–H groups in total. The molecule has 1 saturated heterocycles. The molecule has 0 bridgehead atoms. The molecule has 1 aliphatic heterocycles. The van der Waals surface area contributed by atoms with Crippen LogP contribution in [0.15, 0.2) is 10.9 Å². The molecule has 98 valence electrons. The van der Waals surface area contributed by atoms with E-state index in [4.69, 9.17) is 0 Å². The minimum atomic E-state index is -0.0135. The highest BCUT2D eigenvalue weighted by atomic mass is 16.1. The van der Waals surface area contributed by atoms with E-state index in [0.29, 0.717) is 5.92 Å². The van der Waals surface area contributed by atoms with Crippen molar-refractivity contribution in [1.82, 2.24) is 15.3 Å². The van der Waals surface area contributed by atoms with Crippen LogP contribution in [-0.4, -0.2) is 36.1 Å². The van der Waals surface area contributed by atoms with Crippen molar-refractivity contribution in [3.05, 3.63) is 22.1 Å². The van der Waals surface area contributed by atoms with Gasteiger partial charge in [-0.25, -0.2) is 4.98 Å². The van der Waals surface area contributed by atoms with Crippen molar-refractivity contribution in [2.75, 3.05) is 31.1 Å². The summed E-state index contributed by atoms with van der Waals surface area (Å²) in [6.45, 7) is 3.74. The van der Waals surface area contributed by atoms with E-state index in [9.17, 15) is 4.79 Å². The maximum atomic E-state index is 11.8. The number of anilines is 1. The molecule has 2 heterocycles. The quantitative estimate of drug-likeness (QED) is 0.814. The van der Waals surface area contributed by atoms with E-state index < -0.39 is 0 Å². The van der Waals surface area contributed by atoms with Gasteiger partial charge >= 0.3 is 0 Å². The van der Waals surface area contributed by atoms with Gasteiger partial charge in [0.15, 0.2) is 0 Å². The van der Waals surface area contributed by atoms with Crippen LogP contribution >= 0.6 is 0 Å². The topological polar surface area (TPSA) is 61.0 Å². The van der Waals surface area contributed by atoms with E-state index in [0.717, 1.165) is 37.8 Å². The number of hydrogen-bond acceptors (Lipinski definition) is 4. The summed E-state index contributed by atoms with van der Waals surface area (Å²) in [6, 6.07) is 1.68. The Morgan fingerprint density at radius 3 is 2.67 bits per heavy atom. The standard InChI is InChI=1S/C13H20N4O/c18-12-9-11(10-3-1-2-4-10)15-13(16-12)17-7-5-14-6-8-17/h9-10,14H,1-8H2,(H,15,16,18). The Balaban J connectivity index is 1.87. The molecule has 2 aliphatic rings. The second-order valence-electron chi connectivity index (χ2n) is 5.21. The van der Waals surface area contributed by atoms with Crippen LogP contribution in [-0.2, 0) is 0 Å². The van der Waals surface area contributed by atoms with Crippen LogP contribution in [0.25, 0.3) is 0 Å². The van der Waals surface area contributed by atoms with Crippen molar-refractivity contribution in [2.45, 2.75) is 31.6 Å². The van der Waals surface area contributed by atoms with Gasteiger partial charge in [-0.2, -0.15) is 0 Å². The summed E-state index contributed by atoms with van der Waals surface area (Å²) in [5.41, 5.74) is 0.977. The van der Waals surface area contributed by atoms with E-state index in [1.165, 1.54) is 25.7 Å². The first-order valence-corrected chi connectivity index (χ1v) is 6.90. The van der Waals surface area contributed by atoms with E-state index in [-0.39, 0.29) is 5.56 Å². The molecule has 18 heavy (non-hydrogen) atoms. The second kappa shape index (κ2) is 5.10. The first-order chi connectivity index (χ1) is 8.83. The summed E-state index contributed by atoms with van der Waals surface area (Å²) >= 11 is 0. The molecule has 0 unspecified atom stereocenters. The zero-order valence-corrected chi connectivity index (χ0v) is 10.6. The Kier molecular flexibility index (Phi) is 3.32. The molecule has 0 spiro atoms. The van der Waals surface area contributed by atoms with Crippen molar-refractivity contribution in [2.24, 2.45) is 0 Å². The number of nitrogens with zero attached hydrogens (tertiary/aromatic N) is 2. The van der Waals surface area contributed by atoms with Crippen molar-refractivity contribution in [3.63, 3.8) is 0 Å². The molecule has 0 amide bonds. The maximum absolute atomic E-state index is 11.8. The molecule has 0 atom stereocenters. The molecular weight excluding hydrogens is 228 g/mol. The predicted octanol–water partition coefficient (Wildman–Crippen LogP) is 0.837. The van der Waals surface area contributed by atoms with Gasteiger partial charge in [0.05, 0.1) is 5.69 Å². The average molecular weight is 248 g/mol. The number of rotatable bonds is 2. The molecule has 5 heteroatoms. The largest absolute Gasteiger partial charge is 0.340 e. The average Bonchev–Trinajstić information content (AvgIpc) is 2.93. The lowest BCUT2D eigenvalue weighted by Gasteiger charge is -2.28. The second-order valence-corrected chi connectivity index (χ2v) is 5.21. The fourth-order valence-corrected chi connectivity index (χ4v) is 2.92. The number of piperazine rings is 1. The summed E-state index contributed by atoms with van der Waals surface area (Å²) in [4.78, 5) is 21.5. The van der Waals surface area contributed by atoms with Gasteiger partial charge in [-0.05, 0) is 12.8 Å². The van der Waals surface area contributed by atoms with Crippen LogP contribution in [0.2, 0.25) is 0 Å². The van der Waals surface area contributed by atoms with Crippen molar-refractivity contribution >= 4 is 5.95 Å². The van der Waals surface area contributed by atoms with E-state index in [1.807, 2.05) is 0 Å². The highest BCUT2D eigenvalue weighted by molar-refractivity contribution is 5.32. The summed E-state index contributed by atoms with van der Waals surface area (Å²) in [7, 11) is 0. The maximum Gasteiger partial charge on any atom is 0.252 e. The van der Waals surface area contributed by atoms with Crippen LogP contribution in [0.1, 0.15) is 37.3 Å². The molecule has 2 fully saturated rings. The molecule has 1 saturated carbocycles. The van der Waals surface area contributed by atoms with Crippen LogP contribution in [0.5, 0.6) is 0 Å². The van der Waals surface area contributed by atoms with Gasteiger partial charge in [0, 0.05) is 38.2 Å². The van der Waals surface area contributed by atoms with Gasteiger partial charge in [0.25, 0.3) is 5.56 Å². The Bertz CT molecular complexity index is 458. The summed E-state index contributed by atoms with van der Waals surface area (Å²) in [5, 5.41) is 3.31. The molecule has 1 aromatic rings. The Morgan fingerprint density at radius 2 is 1.94 bits per heavy atom. The Labute approximate surface area is 107 Å². The van der Waals surface area contributed by atoms with Gasteiger partial charge in [-0.1, -0.05) is 12.8 Å². The van der Waals surface area contributed by atoms with Crippen molar-refractivity contribution in [3.8, 4) is 0 Å². The normalized spacial score (nSPS) is 21.4. The van der Waals surface area contributed by atoms with E-state index >= 15 is 0 Å². The molecule has 0 aromatic carbocycles. The molecule has 1 aliphatic carbocycles. The summed E-state index contributed by atoms with van der Waals surface area (Å²) in [6.07, 6.45) is 4.89. The monoisotopic (exact) mass is 248 g/mol. The Hall–Kier alpha value is -1.36. The predicted molar refractivity (Wildman–Crippen MR) is 71.1 cm³/mol. The third-order valence-electron chi connectivity index (χ3n) is 3.94.